The van der Waals surface area contributed by atoms with Crippen molar-refractivity contribution in [3.8, 4) is 10.7 Å². The van der Waals surface area contributed by atoms with Crippen LogP contribution < -0.4 is 0 Å². The van der Waals surface area contributed by atoms with E-state index in [0.717, 1.165) is 10.4 Å². The quantitative estimate of drug-likeness (QED) is 0.689. The van der Waals surface area contributed by atoms with Crippen LogP contribution in [-0.2, 0) is 19.1 Å². The molecule has 0 aromatic carbocycles. The maximum atomic E-state index is 12.6. The lowest BCUT2D eigenvalue weighted by Crippen LogP contribution is -2.35. The summed E-state index contributed by atoms with van der Waals surface area (Å²) in [4.78, 5) is 18.8. The molecule has 4 heterocycles. The highest BCUT2D eigenvalue weighted by Gasteiger charge is 2.38. The SMILES string of the molecule is O=C(c1ccon1)N1CCc2sc(-c3noc(C(F)(F)F)n3)cc2C1. The summed E-state index contributed by atoms with van der Waals surface area (Å²) >= 11 is 1.30. The molecule has 0 N–H and O–H groups in total. The van der Waals surface area contributed by atoms with Gasteiger partial charge in [-0.15, -0.1) is 11.3 Å². The average molecular weight is 370 g/mol. The standard InChI is InChI=1S/C14H9F3N4O3S/c15-14(16,17)13-18-11(20-24-13)10-5-7-6-21(3-1-9(7)25-10)12(22)8-2-4-23-19-8/h2,4-5H,1,3,6H2. The predicted octanol–water partition coefficient (Wildman–Crippen LogP) is 3.00. The summed E-state index contributed by atoms with van der Waals surface area (Å²) in [5.41, 5.74) is 1.06. The number of hydrogen-bond donors (Lipinski definition) is 0. The number of halogens is 3. The summed E-state index contributed by atoms with van der Waals surface area (Å²) < 4.78 is 46.6. The molecule has 1 aliphatic heterocycles. The van der Waals surface area contributed by atoms with Crippen molar-refractivity contribution < 1.29 is 27.0 Å². The van der Waals surface area contributed by atoms with Gasteiger partial charge in [0.2, 0.25) is 5.82 Å². The van der Waals surface area contributed by atoms with Crippen LogP contribution in [0.25, 0.3) is 10.7 Å². The van der Waals surface area contributed by atoms with Gasteiger partial charge in [0.05, 0.1) is 4.88 Å². The number of aromatic nitrogens is 3. The fourth-order valence-corrected chi connectivity index (χ4v) is 3.63. The molecule has 0 saturated carbocycles. The average Bonchev–Trinajstić information content (AvgIpc) is 3.31. The molecule has 0 atom stereocenters. The zero-order valence-corrected chi connectivity index (χ0v) is 13.2. The molecule has 4 rings (SSSR count). The third-order valence-corrected chi connectivity index (χ3v) is 4.93. The smallest absolute Gasteiger partial charge is 0.364 e. The number of carbonyl (C=O) groups excluding carboxylic acids is 1. The zero-order valence-electron chi connectivity index (χ0n) is 12.4. The van der Waals surface area contributed by atoms with E-state index in [0.29, 0.717) is 24.4 Å². The van der Waals surface area contributed by atoms with Crippen molar-refractivity contribution in [1.82, 2.24) is 20.2 Å². The lowest BCUT2D eigenvalue weighted by atomic mass is 10.1. The van der Waals surface area contributed by atoms with Gasteiger partial charge in [-0.05, 0) is 18.1 Å². The number of alkyl halides is 3. The van der Waals surface area contributed by atoms with Crippen LogP contribution >= 0.6 is 11.3 Å². The molecule has 25 heavy (non-hydrogen) atoms. The molecule has 0 spiro atoms. The Morgan fingerprint density at radius 2 is 2.16 bits per heavy atom. The highest BCUT2D eigenvalue weighted by Crippen LogP contribution is 2.35. The first-order valence-corrected chi connectivity index (χ1v) is 7.96. The van der Waals surface area contributed by atoms with E-state index >= 15 is 0 Å². The van der Waals surface area contributed by atoms with Crippen molar-refractivity contribution in [3.05, 3.63) is 40.4 Å². The molecule has 11 heteroatoms. The third kappa shape index (κ3) is 2.90. The van der Waals surface area contributed by atoms with Gasteiger partial charge in [0.25, 0.3) is 5.91 Å². The van der Waals surface area contributed by atoms with Crippen LogP contribution in [0.3, 0.4) is 0 Å². The van der Waals surface area contributed by atoms with E-state index in [9.17, 15) is 18.0 Å². The second-order valence-corrected chi connectivity index (χ2v) is 6.48. The third-order valence-electron chi connectivity index (χ3n) is 3.70. The molecule has 0 bridgehead atoms. The van der Waals surface area contributed by atoms with Crippen LogP contribution in [0.4, 0.5) is 13.2 Å². The van der Waals surface area contributed by atoms with Crippen molar-refractivity contribution in [2.24, 2.45) is 0 Å². The van der Waals surface area contributed by atoms with Crippen LogP contribution in [0.15, 0.2) is 27.4 Å². The van der Waals surface area contributed by atoms with Crippen LogP contribution in [0, 0.1) is 0 Å². The molecule has 0 unspecified atom stereocenters. The minimum Gasteiger partial charge on any atom is -0.364 e. The van der Waals surface area contributed by atoms with Gasteiger partial charge in [-0.2, -0.15) is 18.2 Å². The fraction of sp³-hybridized carbons (Fsp3) is 0.286. The summed E-state index contributed by atoms with van der Waals surface area (Å²) in [5.74, 6) is -1.75. The molecule has 3 aromatic heterocycles. The largest absolute Gasteiger partial charge is 0.471 e. The van der Waals surface area contributed by atoms with Gasteiger partial charge in [0.15, 0.2) is 5.69 Å². The van der Waals surface area contributed by atoms with Gasteiger partial charge in [-0.1, -0.05) is 10.3 Å². The minimum absolute atomic E-state index is 0.110. The molecule has 130 valence electrons. The second kappa shape index (κ2) is 5.69. The summed E-state index contributed by atoms with van der Waals surface area (Å²) in [6.45, 7) is 0.820. The lowest BCUT2D eigenvalue weighted by molar-refractivity contribution is -0.159. The molecular weight excluding hydrogens is 361 g/mol. The number of rotatable bonds is 2. The van der Waals surface area contributed by atoms with Gasteiger partial charge in [0, 0.05) is 24.0 Å². The van der Waals surface area contributed by atoms with Gasteiger partial charge in [-0.25, -0.2) is 0 Å². The van der Waals surface area contributed by atoms with Crippen LogP contribution in [0.1, 0.15) is 26.8 Å². The fourth-order valence-electron chi connectivity index (χ4n) is 2.54. The number of carbonyl (C=O) groups is 1. The van der Waals surface area contributed by atoms with Gasteiger partial charge in [0.1, 0.15) is 6.26 Å². The molecular formula is C14H9F3N4O3S. The number of nitrogens with zero attached hydrogens (tertiary/aromatic N) is 4. The Morgan fingerprint density at radius 1 is 1.32 bits per heavy atom. The number of thiophene rings is 1. The Balaban J connectivity index is 1.57. The van der Waals surface area contributed by atoms with Crippen molar-refractivity contribution in [1.29, 1.82) is 0 Å². The summed E-state index contributed by atoms with van der Waals surface area (Å²) in [5, 5.41) is 7.02. The van der Waals surface area contributed by atoms with E-state index in [1.54, 1.807) is 11.0 Å². The topological polar surface area (TPSA) is 85.3 Å². The van der Waals surface area contributed by atoms with E-state index < -0.39 is 12.1 Å². The lowest BCUT2D eigenvalue weighted by Gasteiger charge is -2.25. The zero-order chi connectivity index (χ0) is 17.6. The van der Waals surface area contributed by atoms with Crippen LogP contribution in [-0.4, -0.2) is 32.6 Å². The first-order valence-electron chi connectivity index (χ1n) is 7.14. The summed E-state index contributed by atoms with van der Waals surface area (Å²) in [7, 11) is 0. The van der Waals surface area contributed by atoms with E-state index in [2.05, 4.69) is 24.3 Å². The van der Waals surface area contributed by atoms with Crippen molar-refractivity contribution >= 4 is 17.2 Å². The molecule has 0 aliphatic carbocycles. The van der Waals surface area contributed by atoms with Crippen LogP contribution in [0.2, 0.25) is 0 Å². The van der Waals surface area contributed by atoms with Crippen molar-refractivity contribution in [2.75, 3.05) is 6.54 Å². The molecule has 0 saturated heterocycles. The first kappa shape index (κ1) is 15.8. The second-order valence-electron chi connectivity index (χ2n) is 5.34. The van der Waals surface area contributed by atoms with E-state index in [-0.39, 0.29) is 17.4 Å². The monoisotopic (exact) mass is 370 g/mol. The van der Waals surface area contributed by atoms with Crippen molar-refractivity contribution in [2.45, 2.75) is 19.1 Å². The Labute approximate surface area is 142 Å². The summed E-state index contributed by atoms with van der Waals surface area (Å²) in [6, 6.07) is 3.17. The maximum absolute atomic E-state index is 12.6. The number of hydrogen-bond acceptors (Lipinski definition) is 7. The minimum atomic E-state index is -4.68. The van der Waals surface area contributed by atoms with E-state index in [1.165, 1.54) is 23.7 Å². The molecule has 3 aromatic rings. The van der Waals surface area contributed by atoms with E-state index in [1.807, 2.05) is 0 Å². The van der Waals surface area contributed by atoms with Gasteiger partial charge < -0.3 is 13.9 Å². The Bertz CT molecular complexity index is 916. The first-order chi connectivity index (χ1) is 11.9. The number of fused-ring (bicyclic) bond motifs is 1. The summed E-state index contributed by atoms with van der Waals surface area (Å²) in [6.07, 6.45) is -2.77. The molecule has 1 amide bonds. The Kier molecular flexibility index (Phi) is 3.60. The normalized spacial score (nSPS) is 14.6. The molecule has 1 aliphatic rings. The van der Waals surface area contributed by atoms with Gasteiger partial charge >= 0.3 is 12.1 Å². The molecule has 0 radical (unpaired) electrons. The van der Waals surface area contributed by atoms with Gasteiger partial charge in [-0.3, -0.25) is 4.79 Å². The Hall–Kier alpha value is -2.69. The highest BCUT2D eigenvalue weighted by atomic mass is 32.1. The maximum Gasteiger partial charge on any atom is 0.471 e. The Morgan fingerprint density at radius 3 is 2.84 bits per heavy atom. The molecule has 7 nitrogen and oxygen atoms in total. The van der Waals surface area contributed by atoms with Crippen LogP contribution in [0.5, 0.6) is 0 Å². The predicted molar refractivity (Wildman–Crippen MR) is 77.6 cm³/mol. The highest BCUT2D eigenvalue weighted by molar-refractivity contribution is 7.15. The van der Waals surface area contributed by atoms with Crippen molar-refractivity contribution in [3.63, 3.8) is 0 Å². The number of amides is 1. The van der Waals surface area contributed by atoms with E-state index in [4.69, 9.17) is 0 Å². The molecule has 0 fully saturated rings.